The molecule has 0 aromatic heterocycles. The molecule has 3 heteroatoms. The van der Waals surface area contributed by atoms with Gasteiger partial charge in [-0.2, -0.15) is 11.8 Å². The lowest BCUT2D eigenvalue weighted by molar-refractivity contribution is 0.113. The summed E-state index contributed by atoms with van der Waals surface area (Å²) in [5.74, 6) is 2.59. The smallest absolute Gasteiger partial charge is 0.0267 e. The first-order chi connectivity index (χ1) is 6.55. The van der Waals surface area contributed by atoms with Gasteiger partial charge in [-0.3, -0.25) is 4.90 Å². The molecule has 0 amide bonds. The molecule has 1 aliphatic heterocycles. The third kappa shape index (κ3) is 3.44. The van der Waals surface area contributed by atoms with Crippen LogP contribution in [0.4, 0.5) is 0 Å². The molecule has 0 aromatic carbocycles. The van der Waals surface area contributed by atoms with Crippen LogP contribution in [0.25, 0.3) is 0 Å². The Morgan fingerprint density at radius 3 is 2.57 bits per heavy atom. The molecular weight excluding hydrogens is 192 g/mol. The summed E-state index contributed by atoms with van der Waals surface area (Å²) < 4.78 is 0. The van der Waals surface area contributed by atoms with E-state index in [2.05, 4.69) is 37.4 Å². The number of rotatable bonds is 2. The number of nitrogens with zero attached hydrogens (tertiary/aromatic N) is 1. The van der Waals surface area contributed by atoms with Crippen LogP contribution in [-0.2, 0) is 0 Å². The summed E-state index contributed by atoms with van der Waals surface area (Å²) in [6.45, 7) is 10.1. The van der Waals surface area contributed by atoms with E-state index in [-0.39, 0.29) is 0 Å². The third-order valence-electron chi connectivity index (χ3n) is 2.92. The van der Waals surface area contributed by atoms with Crippen molar-refractivity contribution in [1.82, 2.24) is 4.90 Å². The molecule has 0 bridgehead atoms. The van der Waals surface area contributed by atoms with E-state index in [1.165, 1.54) is 31.0 Å². The lowest BCUT2D eigenvalue weighted by atomic mass is 9.85. The first-order valence-electron chi connectivity index (χ1n) is 5.57. The molecule has 1 aliphatic rings. The van der Waals surface area contributed by atoms with Gasteiger partial charge in [0.15, 0.2) is 0 Å². The minimum absolute atomic E-state index is 0.309. The minimum atomic E-state index is 0.309. The summed E-state index contributed by atoms with van der Waals surface area (Å²) in [6, 6.07) is 0.543. The van der Waals surface area contributed by atoms with E-state index in [0.717, 1.165) is 6.54 Å². The van der Waals surface area contributed by atoms with Crippen LogP contribution in [0.3, 0.4) is 0 Å². The van der Waals surface area contributed by atoms with Gasteiger partial charge in [0, 0.05) is 24.9 Å². The molecule has 1 fully saturated rings. The van der Waals surface area contributed by atoms with Gasteiger partial charge in [-0.25, -0.2) is 0 Å². The van der Waals surface area contributed by atoms with Gasteiger partial charge in [0.2, 0.25) is 0 Å². The van der Waals surface area contributed by atoms with E-state index in [9.17, 15) is 0 Å². The number of hydrogen-bond donors (Lipinski definition) is 1. The van der Waals surface area contributed by atoms with Gasteiger partial charge < -0.3 is 5.73 Å². The van der Waals surface area contributed by atoms with Crippen LogP contribution in [0.15, 0.2) is 0 Å². The second-order valence-electron chi connectivity index (χ2n) is 5.12. The van der Waals surface area contributed by atoms with Gasteiger partial charge in [-0.1, -0.05) is 20.8 Å². The molecule has 2 nitrogen and oxygen atoms in total. The summed E-state index contributed by atoms with van der Waals surface area (Å²) in [7, 11) is 0. The predicted octanol–water partition coefficient (Wildman–Crippen LogP) is 1.80. The topological polar surface area (TPSA) is 29.3 Å². The average molecular weight is 216 g/mol. The molecule has 1 unspecified atom stereocenters. The predicted molar refractivity (Wildman–Crippen MR) is 65.8 cm³/mol. The Balaban J connectivity index is 2.58. The SMILES string of the molecule is CC(C)(C)C(CN)N1CCCSCC1. The van der Waals surface area contributed by atoms with Crippen LogP contribution >= 0.6 is 11.8 Å². The zero-order chi connectivity index (χ0) is 10.6. The zero-order valence-corrected chi connectivity index (χ0v) is 10.6. The molecule has 0 aromatic rings. The van der Waals surface area contributed by atoms with Gasteiger partial charge in [-0.15, -0.1) is 0 Å². The molecule has 2 N–H and O–H groups in total. The first kappa shape index (κ1) is 12.3. The molecule has 0 saturated carbocycles. The average Bonchev–Trinajstić information content (AvgIpc) is 2.31. The van der Waals surface area contributed by atoms with Gasteiger partial charge in [0.1, 0.15) is 0 Å². The van der Waals surface area contributed by atoms with Crippen LogP contribution < -0.4 is 5.73 Å². The molecule has 1 atom stereocenters. The van der Waals surface area contributed by atoms with Gasteiger partial charge in [0.25, 0.3) is 0 Å². The summed E-state index contributed by atoms with van der Waals surface area (Å²) >= 11 is 2.08. The highest BCUT2D eigenvalue weighted by atomic mass is 32.2. The Morgan fingerprint density at radius 1 is 1.29 bits per heavy atom. The van der Waals surface area contributed by atoms with E-state index >= 15 is 0 Å². The summed E-state index contributed by atoms with van der Waals surface area (Å²) in [5.41, 5.74) is 6.20. The van der Waals surface area contributed by atoms with Crippen molar-refractivity contribution in [2.24, 2.45) is 11.1 Å². The van der Waals surface area contributed by atoms with Crippen molar-refractivity contribution >= 4 is 11.8 Å². The lowest BCUT2D eigenvalue weighted by Crippen LogP contribution is -2.49. The Kier molecular flexibility index (Phi) is 4.74. The molecule has 1 rings (SSSR count). The molecule has 1 heterocycles. The number of hydrogen-bond acceptors (Lipinski definition) is 3. The maximum Gasteiger partial charge on any atom is 0.0267 e. The van der Waals surface area contributed by atoms with E-state index in [0.29, 0.717) is 11.5 Å². The fourth-order valence-corrected chi connectivity index (χ4v) is 3.03. The van der Waals surface area contributed by atoms with E-state index in [1.807, 2.05) is 0 Å². The Hall–Kier alpha value is 0.270. The van der Waals surface area contributed by atoms with Crippen molar-refractivity contribution in [1.29, 1.82) is 0 Å². The van der Waals surface area contributed by atoms with Crippen LogP contribution in [0, 0.1) is 5.41 Å². The largest absolute Gasteiger partial charge is 0.329 e. The van der Waals surface area contributed by atoms with Crippen LogP contribution in [0.1, 0.15) is 27.2 Å². The van der Waals surface area contributed by atoms with Crippen molar-refractivity contribution in [2.45, 2.75) is 33.2 Å². The molecule has 1 saturated heterocycles. The maximum absolute atomic E-state index is 5.89. The minimum Gasteiger partial charge on any atom is -0.329 e. The molecule has 0 radical (unpaired) electrons. The zero-order valence-electron chi connectivity index (χ0n) is 9.75. The fourth-order valence-electron chi connectivity index (χ4n) is 2.13. The molecule has 84 valence electrons. The summed E-state index contributed by atoms with van der Waals surface area (Å²) in [6.07, 6.45) is 1.32. The lowest BCUT2D eigenvalue weighted by Gasteiger charge is -2.39. The normalized spacial score (nSPS) is 23.1. The Morgan fingerprint density at radius 2 is 2.00 bits per heavy atom. The molecular formula is C11H24N2S. The highest BCUT2D eigenvalue weighted by Crippen LogP contribution is 2.25. The standard InChI is InChI=1S/C11H24N2S/c1-11(2,3)10(9-12)13-5-4-7-14-8-6-13/h10H,4-9,12H2,1-3H3. The summed E-state index contributed by atoms with van der Waals surface area (Å²) in [4.78, 5) is 2.58. The van der Waals surface area contributed by atoms with Crippen molar-refractivity contribution in [3.8, 4) is 0 Å². The third-order valence-corrected chi connectivity index (χ3v) is 3.97. The highest BCUT2D eigenvalue weighted by molar-refractivity contribution is 7.99. The van der Waals surface area contributed by atoms with Crippen molar-refractivity contribution in [2.75, 3.05) is 31.1 Å². The van der Waals surface area contributed by atoms with Gasteiger partial charge in [0.05, 0.1) is 0 Å². The first-order valence-corrected chi connectivity index (χ1v) is 6.73. The monoisotopic (exact) mass is 216 g/mol. The van der Waals surface area contributed by atoms with Crippen LogP contribution in [0.5, 0.6) is 0 Å². The van der Waals surface area contributed by atoms with Gasteiger partial charge >= 0.3 is 0 Å². The second-order valence-corrected chi connectivity index (χ2v) is 6.34. The van der Waals surface area contributed by atoms with E-state index < -0.39 is 0 Å². The van der Waals surface area contributed by atoms with Crippen LogP contribution in [0.2, 0.25) is 0 Å². The van der Waals surface area contributed by atoms with Crippen molar-refractivity contribution < 1.29 is 0 Å². The van der Waals surface area contributed by atoms with Crippen molar-refractivity contribution in [3.05, 3.63) is 0 Å². The molecule has 0 spiro atoms. The number of thioether (sulfide) groups is 1. The van der Waals surface area contributed by atoms with Crippen molar-refractivity contribution in [3.63, 3.8) is 0 Å². The van der Waals surface area contributed by atoms with E-state index in [1.54, 1.807) is 0 Å². The van der Waals surface area contributed by atoms with Crippen LogP contribution in [-0.4, -0.2) is 42.1 Å². The number of nitrogens with two attached hydrogens (primary N) is 1. The maximum atomic E-state index is 5.89. The Labute approximate surface area is 92.6 Å². The van der Waals surface area contributed by atoms with E-state index in [4.69, 9.17) is 5.73 Å². The van der Waals surface area contributed by atoms with Gasteiger partial charge in [-0.05, 0) is 24.1 Å². The molecule has 0 aliphatic carbocycles. The Bertz CT molecular complexity index is 157. The summed E-state index contributed by atoms with van der Waals surface area (Å²) in [5, 5.41) is 0. The quantitative estimate of drug-likeness (QED) is 0.763. The molecule has 14 heavy (non-hydrogen) atoms. The highest BCUT2D eigenvalue weighted by Gasteiger charge is 2.29. The second kappa shape index (κ2) is 5.38. The fraction of sp³-hybridized carbons (Fsp3) is 1.00.